The highest BCUT2D eigenvalue weighted by molar-refractivity contribution is 5.89. The Labute approximate surface area is 112 Å². The van der Waals surface area contributed by atoms with Crippen molar-refractivity contribution in [2.24, 2.45) is 0 Å². The van der Waals surface area contributed by atoms with E-state index in [2.05, 4.69) is 11.9 Å². The summed E-state index contributed by atoms with van der Waals surface area (Å²) in [4.78, 5) is 14.8. The molecule has 3 nitrogen and oxygen atoms in total. The van der Waals surface area contributed by atoms with Crippen LogP contribution in [0.3, 0.4) is 0 Å². The van der Waals surface area contributed by atoms with Gasteiger partial charge < -0.3 is 4.74 Å². The zero-order chi connectivity index (χ0) is 14.3. The number of unbranched alkanes of at least 4 members (excludes halogenated alkanes) is 3. The highest BCUT2D eigenvalue weighted by Gasteiger charge is 2.19. The molecule has 0 amide bonds. The molecule has 106 valence electrons. The summed E-state index contributed by atoms with van der Waals surface area (Å²) in [6, 6.07) is 1.12. The molecular formula is C14H19F2NO2. The van der Waals surface area contributed by atoms with E-state index in [1.165, 1.54) is 0 Å². The number of pyridine rings is 1. The van der Waals surface area contributed by atoms with Crippen molar-refractivity contribution in [1.29, 1.82) is 0 Å². The van der Waals surface area contributed by atoms with Crippen molar-refractivity contribution in [3.8, 4) is 0 Å². The predicted octanol–water partition coefficient (Wildman–Crippen LogP) is 3.88. The Kier molecular flexibility index (Phi) is 6.39. The van der Waals surface area contributed by atoms with Crippen molar-refractivity contribution in [3.05, 3.63) is 29.6 Å². The molecule has 0 bridgehead atoms. The van der Waals surface area contributed by atoms with Gasteiger partial charge in [0, 0.05) is 6.20 Å². The summed E-state index contributed by atoms with van der Waals surface area (Å²) in [6.45, 7) is 3.86. The maximum Gasteiger partial charge on any atom is 0.341 e. The molecule has 1 aromatic rings. The molecule has 1 aromatic heterocycles. The molecule has 5 heteroatoms. The molecule has 19 heavy (non-hydrogen) atoms. The number of carbonyl (C=O) groups excluding carboxylic acids is 1. The van der Waals surface area contributed by atoms with Crippen LogP contribution < -0.4 is 0 Å². The van der Waals surface area contributed by atoms with Crippen molar-refractivity contribution in [1.82, 2.24) is 4.98 Å². The largest absolute Gasteiger partial charge is 0.459 e. The first-order chi connectivity index (χ1) is 9.06. The average molecular weight is 271 g/mol. The van der Waals surface area contributed by atoms with Crippen LogP contribution in [0.15, 0.2) is 12.3 Å². The van der Waals surface area contributed by atoms with Crippen LogP contribution in [-0.4, -0.2) is 17.1 Å². The van der Waals surface area contributed by atoms with Gasteiger partial charge in [-0.3, -0.25) is 0 Å². The SMILES string of the molecule is CCCCCCC(C)OC(=O)c1ccnc(F)c1F. The maximum absolute atomic E-state index is 13.3. The fraction of sp³-hybridized carbons (Fsp3) is 0.571. The first-order valence-electron chi connectivity index (χ1n) is 6.57. The van der Waals surface area contributed by atoms with E-state index in [4.69, 9.17) is 4.74 Å². The lowest BCUT2D eigenvalue weighted by molar-refractivity contribution is 0.0312. The van der Waals surface area contributed by atoms with Crippen LogP contribution in [0.2, 0.25) is 0 Å². The van der Waals surface area contributed by atoms with Gasteiger partial charge in [-0.25, -0.2) is 14.2 Å². The van der Waals surface area contributed by atoms with Crippen LogP contribution >= 0.6 is 0 Å². The fourth-order valence-electron chi connectivity index (χ4n) is 1.74. The van der Waals surface area contributed by atoms with Crippen molar-refractivity contribution >= 4 is 5.97 Å². The number of aromatic nitrogens is 1. The van der Waals surface area contributed by atoms with E-state index in [9.17, 15) is 13.6 Å². The molecule has 0 aromatic carbocycles. The van der Waals surface area contributed by atoms with Gasteiger partial charge >= 0.3 is 5.97 Å². The number of ether oxygens (including phenoxy) is 1. The highest BCUT2D eigenvalue weighted by Crippen LogP contribution is 2.14. The molecule has 0 aliphatic heterocycles. The van der Waals surface area contributed by atoms with Crippen LogP contribution in [0.5, 0.6) is 0 Å². The molecule has 1 rings (SSSR count). The summed E-state index contributed by atoms with van der Waals surface area (Å²) >= 11 is 0. The lowest BCUT2D eigenvalue weighted by Crippen LogP contribution is -2.17. The van der Waals surface area contributed by atoms with E-state index in [-0.39, 0.29) is 6.10 Å². The van der Waals surface area contributed by atoms with E-state index in [1.807, 2.05) is 0 Å². The molecule has 0 saturated heterocycles. The smallest absolute Gasteiger partial charge is 0.341 e. The van der Waals surface area contributed by atoms with Gasteiger partial charge in [-0.15, -0.1) is 0 Å². The zero-order valence-corrected chi connectivity index (χ0v) is 11.3. The fourth-order valence-corrected chi connectivity index (χ4v) is 1.74. The van der Waals surface area contributed by atoms with E-state index in [0.29, 0.717) is 0 Å². The summed E-state index contributed by atoms with van der Waals surface area (Å²) in [5, 5.41) is 0. The van der Waals surface area contributed by atoms with Gasteiger partial charge in [0.25, 0.3) is 0 Å². The van der Waals surface area contributed by atoms with E-state index < -0.39 is 23.3 Å². The molecule has 0 spiro atoms. The van der Waals surface area contributed by atoms with E-state index >= 15 is 0 Å². The molecule has 0 N–H and O–H groups in total. The average Bonchev–Trinajstić information content (AvgIpc) is 2.38. The van der Waals surface area contributed by atoms with Crippen LogP contribution in [0.4, 0.5) is 8.78 Å². The number of hydrogen-bond acceptors (Lipinski definition) is 3. The molecule has 0 aliphatic rings. The van der Waals surface area contributed by atoms with E-state index in [0.717, 1.165) is 44.4 Å². The second-order valence-electron chi connectivity index (χ2n) is 4.53. The second-order valence-corrected chi connectivity index (χ2v) is 4.53. The van der Waals surface area contributed by atoms with Gasteiger partial charge in [0.2, 0.25) is 5.95 Å². The minimum atomic E-state index is -1.29. The number of hydrogen-bond donors (Lipinski definition) is 0. The summed E-state index contributed by atoms with van der Waals surface area (Å²) in [5.41, 5.74) is -0.409. The van der Waals surface area contributed by atoms with Gasteiger partial charge in [-0.2, -0.15) is 4.39 Å². The molecule has 1 heterocycles. The molecule has 1 unspecified atom stereocenters. The molecule has 0 saturated carbocycles. The Bertz CT molecular complexity index is 424. The van der Waals surface area contributed by atoms with Gasteiger partial charge in [0.15, 0.2) is 5.82 Å². The minimum absolute atomic E-state index is 0.306. The van der Waals surface area contributed by atoms with Crippen molar-refractivity contribution in [3.63, 3.8) is 0 Å². The lowest BCUT2D eigenvalue weighted by atomic mass is 10.1. The Morgan fingerprint density at radius 3 is 2.79 bits per heavy atom. The first-order valence-corrected chi connectivity index (χ1v) is 6.57. The Morgan fingerprint density at radius 1 is 1.37 bits per heavy atom. The molecule has 0 radical (unpaired) electrons. The summed E-state index contributed by atoms with van der Waals surface area (Å²) < 4.78 is 31.3. The lowest BCUT2D eigenvalue weighted by Gasteiger charge is -2.13. The number of nitrogens with zero attached hydrogens (tertiary/aromatic N) is 1. The summed E-state index contributed by atoms with van der Waals surface area (Å²) in [7, 11) is 0. The van der Waals surface area contributed by atoms with Crippen LogP contribution in [-0.2, 0) is 4.74 Å². The van der Waals surface area contributed by atoms with Gasteiger partial charge in [-0.1, -0.05) is 26.2 Å². The van der Waals surface area contributed by atoms with Crippen LogP contribution in [0, 0.1) is 11.8 Å². The quantitative estimate of drug-likeness (QED) is 0.429. The standard InChI is InChI=1S/C14H19F2NO2/c1-3-4-5-6-7-10(2)19-14(18)11-8-9-17-13(16)12(11)15/h8-10H,3-7H2,1-2H3. The minimum Gasteiger partial charge on any atom is -0.459 e. The maximum atomic E-state index is 13.3. The monoisotopic (exact) mass is 271 g/mol. The third kappa shape index (κ3) is 4.93. The Hall–Kier alpha value is -1.52. The number of esters is 1. The number of rotatable bonds is 7. The van der Waals surface area contributed by atoms with Crippen molar-refractivity contribution < 1.29 is 18.3 Å². The normalized spacial score (nSPS) is 12.2. The molecule has 0 fully saturated rings. The highest BCUT2D eigenvalue weighted by atomic mass is 19.2. The van der Waals surface area contributed by atoms with Crippen molar-refractivity contribution in [2.75, 3.05) is 0 Å². The predicted molar refractivity (Wildman–Crippen MR) is 67.8 cm³/mol. The molecule has 0 aliphatic carbocycles. The molecular weight excluding hydrogens is 252 g/mol. The zero-order valence-electron chi connectivity index (χ0n) is 11.3. The van der Waals surface area contributed by atoms with Gasteiger partial charge in [-0.05, 0) is 25.8 Å². The van der Waals surface area contributed by atoms with Gasteiger partial charge in [0.05, 0.1) is 6.10 Å². The number of halogens is 2. The number of carbonyl (C=O) groups is 1. The summed E-state index contributed by atoms with van der Waals surface area (Å²) in [6.07, 6.45) is 5.77. The topological polar surface area (TPSA) is 39.2 Å². The third-order valence-corrected chi connectivity index (χ3v) is 2.84. The van der Waals surface area contributed by atoms with Crippen LogP contribution in [0.1, 0.15) is 56.3 Å². The van der Waals surface area contributed by atoms with Gasteiger partial charge in [0.1, 0.15) is 5.56 Å². The Balaban J connectivity index is 2.48. The Morgan fingerprint density at radius 2 is 2.11 bits per heavy atom. The summed E-state index contributed by atoms with van der Waals surface area (Å²) in [5.74, 6) is -3.39. The van der Waals surface area contributed by atoms with Crippen LogP contribution in [0.25, 0.3) is 0 Å². The first kappa shape index (κ1) is 15.5. The third-order valence-electron chi connectivity index (χ3n) is 2.84. The molecule has 1 atom stereocenters. The van der Waals surface area contributed by atoms with Crippen molar-refractivity contribution in [2.45, 2.75) is 52.1 Å². The van der Waals surface area contributed by atoms with E-state index in [1.54, 1.807) is 6.92 Å². The second kappa shape index (κ2) is 7.81.